The van der Waals surface area contributed by atoms with E-state index in [1.54, 1.807) is 6.20 Å². The Balaban J connectivity index is 2.44. The van der Waals surface area contributed by atoms with E-state index in [2.05, 4.69) is 20.6 Å². The zero-order valence-electron chi connectivity index (χ0n) is 6.16. The fourth-order valence-electron chi connectivity index (χ4n) is 0.985. The van der Waals surface area contributed by atoms with Crippen LogP contribution in [0.5, 0.6) is 0 Å². The van der Waals surface area contributed by atoms with Crippen LogP contribution in [-0.4, -0.2) is 15.1 Å². The molecule has 0 unspecified atom stereocenters. The summed E-state index contributed by atoms with van der Waals surface area (Å²) in [6.45, 7) is 0.654. The van der Waals surface area contributed by atoms with Gasteiger partial charge < -0.3 is 16.4 Å². The Hall–Kier alpha value is -1.43. The van der Waals surface area contributed by atoms with Crippen LogP contribution < -0.4 is 16.4 Å². The van der Waals surface area contributed by atoms with Crippen LogP contribution in [0, 0.1) is 0 Å². The molecule has 5 nitrogen and oxygen atoms in total. The number of nitrogen functional groups attached to an aromatic ring is 1. The number of anilines is 2. The molecule has 4 N–H and O–H groups in total. The summed E-state index contributed by atoms with van der Waals surface area (Å²) < 4.78 is 0. The molecule has 0 atom stereocenters. The van der Waals surface area contributed by atoms with Gasteiger partial charge in [0.15, 0.2) is 5.11 Å². The van der Waals surface area contributed by atoms with E-state index in [1.165, 1.54) is 0 Å². The number of thiocarbonyl (C=S) groups is 1. The molecule has 0 aromatic carbocycles. The van der Waals surface area contributed by atoms with Gasteiger partial charge in [-0.05, 0) is 12.2 Å². The quantitative estimate of drug-likeness (QED) is 0.484. The fraction of sp³-hybridized carbons (Fsp3) is 0.167. The molecule has 1 aliphatic rings. The summed E-state index contributed by atoms with van der Waals surface area (Å²) in [6.07, 6.45) is 1.68. The van der Waals surface area contributed by atoms with Crippen molar-refractivity contribution >= 4 is 29.1 Å². The summed E-state index contributed by atoms with van der Waals surface area (Å²) in [5.41, 5.74) is 6.37. The number of hydrogen-bond acceptors (Lipinski definition) is 4. The van der Waals surface area contributed by atoms with E-state index in [1.807, 2.05) is 0 Å². The minimum atomic E-state index is 0.256. The first-order valence-electron chi connectivity index (χ1n) is 3.42. The van der Waals surface area contributed by atoms with Gasteiger partial charge in [-0.2, -0.15) is 4.98 Å². The van der Waals surface area contributed by atoms with E-state index in [0.29, 0.717) is 17.5 Å². The lowest BCUT2D eigenvalue weighted by molar-refractivity contribution is 0.885. The van der Waals surface area contributed by atoms with Gasteiger partial charge in [0.1, 0.15) is 5.82 Å². The van der Waals surface area contributed by atoms with Crippen molar-refractivity contribution in [1.29, 1.82) is 0 Å². The molecule has 1 aromatic heterocycles. The van der Waals surface area contributed by atoms with Crippen molar-refractivity contribution in [1.82, 2.24) is 15.3 Å². The van der Waals surface area contributed by atoms with Crippen molar-refractivity contribution in [2.24, 2.45) is 0 Å². The highest BCUT2D eigenvalue weighted by atomic mass is 32.1. The zero-order chi connectivity index (χ0) is 8.55. The first kappa shape index (κ1) is 7.23. The smallest absolute Gasteiger partial charge is 0.221 e. The van der Waals surface area contributed by atoms with Crippen LogP contribution in [0.1, 0.15) is 5.56 Å². The highest BCUT2D eigenvalue weighted by Crippen LogP contribution is 2.15. The van der Waals surface area contributed by atoms with Gasteiger partial charge in [-0.3, -0.25) is 0 Å². The third-order valence-electron chi connectivity index (χ3n) is 1.55. The monoisotopic (exact) mass is 181 g/mol. The number of nitrogens with one attached hydrogen (secondary N) is 2. The Labute approximate surface area is 74.4 Å². The molecule has 0 spiro atoms. The summed E-state index contributed by atoms with van der Waals surface area (Å²) in [5.74, 6) is 0.956. The van der Waals surface area contributed by atoms with E-state index in [4.69, 9.17) is 18.0 Å². The summed E-state index contributed by atoms with van der Waals surface area (Å²) >= 11 is 4.90. The van der Waals surface area contributed by atoms with Gasteiger partial charge in [-0.15, -0.1) is 0 Å². The molecule has 0 saturated heterocycles. The van der Waals surface area contributed by atoms with Crippen molar-refractivity contribution in [3.8, 4) is 0 Å². The number of nitrogens with two attached hydrogens (primary N) is 1. The van der Waals surface area contributed by atoms with Gasteiger partial charge in [0.2, 0.25) is 5.95 Å². The SMILES string of the molecule is Nc1ncc2c(n1)NC(=S)NC2. The summed E-state index contributed by atoms with van der Waals surface area (Å²) in [5, 5.41) is 6.42. The normalized spacial score (nSPS) is 14.5. The van der Waals surface area contributed by atoms with Crippen molar-refractivity contribution in [2.45, 2.75) is 6.54 Å². The van der Waals surface area contributed by atoms with Crippen molar-refractivity contribution in [3.05, 3.63) is 11.8 Å². The number of rotatable bonds is 0. The summed E-state index contributed by atoms with van der Waals surface area (Å²) in [4.78, 5) is 7.85. The van der Waals surface area contributed by atoms with E-state index in [0.717, 1.165) is 5.56 Å². The molecule has 6 heteroatoms. The predicted molar refractivity (Wildman–Crippen MR) is 49.5 cm³/mol. The lowest BCUT2D eigenvalue weighted by atomic mass is 10.3. The lowest BCUT2D eigenvalue weighted by Crippen LogP contribution is -2.33. The first-order chi connectivity index (χ1) is 5.75. The maximum absolute atomic E-state index is 5.40. The van der Waals surface area contributed by atoms with Gasteiger partial charge in [0, 0.05) is 18.3 Å². The second kappa shape index (κ2) is 2.56. The van der Waals surface area contributed by atoms with E-state index < -0.39 is 0 Å². The molecular weight excluding hydrogens is 174 g/mol. The molecule has 62 valence electrons. The standard InChI is InChI=1S/C6H7N5S/c7-5-8-1-3-2-9-6(12)11-4(3)10-5/h1H,2H2,(H4,7,8,9,10,11,12). The number of aromatic nitrogens is 2. The Morgan fingerprint density at radius 2 is 2.42 bits per heavy atom. The average Bonchev–Trinajstić information content (AvgIpc) is 2.03. The van der Waals surface area contributed by atoms with Crippen LogP contribution in [0.25, 0.3) is 0 Å². The highest BCUT2D eigenvalue weighted by molar-refractivity contribution is 7.80. The van der Waals surface area contributed by atoms with E-state index in [-0.39, 0.29) is 5.95 Å². The minimum Gasteiger partial charge on any atom is -0.368 e. The molecular formula is C6H7N5S. The van der Waals surface area contributed by atoms with Crippen LogP contribution in [-0.2, 0) is 6.54 Å². The Bertz CT molecular complexity index is 337. The second-order valence-corrected chi connectivity index (χ2v) is 2.82. The molecule has 2 heterocycles. The van der Waals surface area contributed by atoms with Crippen molar-refractivity contribution in [2.75, 3.05) is 11.1 Å². The molecule has 0 bridgehead atoms. The molecule has 0 saturated carbocycles. The van der Waals surface area contributed by atoms with Crippen LogP contribution in [0.2, 0.25) is 0 Å². The third-order valence-corrected chi connectivity index (χ3v) is 1.80. The number of hydrogen-bond donors (Lipinski definition) is 3. The van der Waals surface area contributed by atoms with Gasteiger partial charge >= 0.3 is 0 Å². The third kappa shape index (κ3) is 1.16. The lowest BCUT2D eigenvalue weighted by Gasteiger charge is -2.18. The molecule has 1 aliphatic heterocycles. The van der Waals surface area contributed by atoms with Crippen molar-refractivity contribution < 1.29 is 0 Å². The summed E-state index contributed by atoms with van der Waals surface area (Å²) in [7, 11) is 0. The maximum atomic E-state index is 5.40. The largest absolute Gasteiger partial charge is 0.368 e. The summed E-state index contributed by atoms with van der Waals surface area (Å²) in [6, 6.07) is 0. The van der Waals surface area contributed by atoms with E-state index >= 15 is 0 Å². The Kier molecular flexibility index (Phi) is 1.54. The Morgan fingerprint density at radius 1 is 1.58 bits per heavy atom. The highest BCUT2D eigenvalue weighted by Gasteiger charge is 2.12. The Morgan fingerprint density at radius 3 is 3.25 bits per heavy atom. The zero-order valence-corrected chi connectivity index (χ0v) is 6.98. The second-order valence-electron chi connectivity index (χ2n) is 2.41. The number of fused-ring (bicyclic) bond motifs is 1. The predicted octanol–water partition coefficient (Wildman–Crippen LogP) is -0.141. The fourth-order valence-corrected chi connectivity index (χ4v) is 1.15. The number of nitrogens with zero attached hydrogens (tertiary/aromatic N) is 2. The van der Waals surface area contributed by atoms with Crippen LogP contribution in [0.3, 0.4) is 0 Å². The molecule has 2 rings (SSSR count). The molecule has 0 radical (unpaired) electrons. The molecule has 0 fully saturated rings. The topological polar surface area (TPSA) is 75.9 Å². The van der Waals surface area contributed by atoms with Crippen LogP contribution in [0.15, 0.2) is 6.20 Å². The van der Waals surface area contributed by atoms with Gasteiger partial charge in [-0.25, -0.2) is 4.98 Å². The average molecular weight is 181 g/mol. The van der Waals surface area contributed by atoms with Crippen LogP contribution >= 0.6 is 12.2 Å². The van der Waals surface area contributed by atoms with Crippen LogP contribution in [0.4, 0.5) is 11.8 Å². The van der Waals surface area contributed by atoms with Crippen molar-refractivity contribution in [3.63, 3.8) is 0 Å². The maximum Gasteiger partial charge on any atom is 0.221 e. The van der Waals surface area contributed by atoms with Gasteiger partial charge in [0.25, 0.3) is 0 Å². The van der Waals surface area contributed by atoms with Gasteiger partial charge in [-0.1, -0.05) is 0 Å². The molecule has 0 aliphatic carbocycles. The molecule has 12 heavy (non-hydrogen) atoms. The van der Waals surface area contributed by atoms with E-state index in [9.17, 15) is 0 Å². The molecule has 1 aromatic rings. The first-order valence-corrected chi connectivity index (χ1v) is 3.83. The van der Waals surface area contributed by atoms with Gasteiger partial charge in [0.05, 0.1) is 0 Å². The minimum absolute atomic E-state index is 0.256. The molecule has 0 amide bonds.